The number of hydrogen-bond acceptors (Lipinski definition) is 3. The van der Waals surface area contributed by atoms with Crippen molar-refractivity contribution in [2.75, 3.05) is 33.3 Å². The molecule has 1 rings (SSSR count). The van der Waals surface area contributed by atoms with E-state index in [1.807, 2.05) is 24.3 Å². The molecule has 0 unspecified atom stereocenters. The third-order valence-corrected chi connectivity index (χ3v) is 2.82. The first-order valence-corrected chi connectivity index (χ1v) is 6.86. The highest BCUT2D eigenvalue weighted by molar-refractivity contribution is 5.38. The van der Waals surface area contributed by atoms with Crippen LogP contribution >= 0.6 is 0 Å². The summed E-state index contributed by atoms with van der Waals surface area (Å²) in [5, 5.41) is 0. The molecule has 0 aliphatic rings. The van der Waals surface area contributed by atoms with Crippen molar-refractivity contribution in [2.24, 2.45) is 5.73 Å². The van der Waals surface area contributed by atoms with E-state index in [-0.39, 0.29) is 0 Å². The number of hydrogen-bond donors (Lipinski definition) is 1. The fourth-order valence-corrected chi connectivity index (χ4v) is 1.65. The summed E-state index contributed by atoms with van der Waals surface area (Å²) >= 11 is 0. The van der Waals surface area contributed by atoms with Crippen molar-refractivity contribution in [1.29, 1.82) is 0 Å². The number of likely N-dealkylation sites (N-methyl/N-ethyl adjacent to an activating group) is 1. The summed E-state index contributed by atoms with van der Waals surface area (Å²) in [5.41, 5.74) is 6.30. The fourth-order valence-electron chi connectivity index (χ4n) is 1.65. The molecular formula is C16H24N2O. The molecule has 104 valence electrons. The number of rotatable bonds is 7. The van der Waals surface area contributed by atoms with Crippen LogP contribution in [0.3, 0.4) is 0 Å². The molecule has 0 heterocycles. The topological polar surface area (TPSA) is 38.5 Å². The lowest BCUT2D eigenvalue weighted by Crippen LogP contribution is -2.25. The predicted octanol–water partition coefficient (Wildman–Crippen LogP) is 2.11. The van der Waals surface area contributed by atoms with Gasteiger partial charge in [0.25, 0.3) is 0 Å². The van der Waals surface area contributed by atoms with Gasteiger partial charge in [-0.2, -0.15) is 0 Å². The number of unbranched alkanes of at least 4 members (excludes halogenated alkanes) is 1. The summed E-state index contributed by atoms with van der Waals surface area (Å²) in [6.07, 6.45) is 2.47. The predicted molar refractivity (Wildman–Crippen MR) is 80.3 cm³/mol. The standard InChI is InChI=1S/C16H24N2O/c1-3-4-12-18(2)13-14-19-16-9-7-15(8-10-16)6-5-11-17/h7-10H,3-4,11-14,17H2,1-2H3. The monoisotopic (exact) mass is 260 g/mol. The molecule has 0 spiro atoms. The highest BCUT2D eigenvalue weighted by Gasteiger charge is 1.98. The van der Waals surface area contributed by atoms with Crippen LogP contribution in [0.5, 0.6) is 5.75 Å². The second kappa shape index (κ2) is 9.43. The lowest BCUT2D eigenvalue weighted by Gasteiger charge is -2.16. The number of nitrogens with two attached hydrogens (primary N) is 1. The molecule has 0 atom stereocenters. The first-order valence-electron chi connectivity index (χ1n) is 6.86. The second-order valence-corrected chi connectivity index (χ2v) is 4.54. The van der Waals surface area contributed by atoms with Crippen LogP contribution in [0.25, 0.3) is 0 Å². The van der Waals surface area contributed by atoms with E-state index in [1.54, 1.807) is 0 Å². The van der Waals surface area contributed by atoms with Gasteiger partial charge in [-0.25, -0.2) is 0 Å². The zero-order chi connectivity index (χ0) is 13.9. The van der Waals surface area contributed by atoms with Crippen molar-refractivity contribution in [3.05, 3.63) is 29.8 Å². The molecule has 0 saturated carbocycles. The summed E-state index contributed by atoms with van der Waals surface area (Å²) in [7, 11) is 2.13. The summed E-state index contributed by atoms with van der Waals surface area (Å²) in [5.74, 6) is 6.71. The Hall–Kier alpha value is -1.50. The number of ether oxygens (including phenoxy) is 1. The van der Waals surface area contributed by atoms with Crippen LogP contribution in [0, 0.1) is 11.8 Å². The normalized spacial score (nSPS) is 10.1. The molecule has 0 fully saturated rings. The van der Waals surface area contributed by atoms with Gasteiger partial charge >= 0.3 is 0 Å². The Kier molecular flexibility index (Phi) is 7.72. The van der Waals surface area contributed by atoms with E-state index in [4.69, 9.17) is 10.5 Å². The highest BCUT2D eigenvalue weighted by Crippen LogP contribution is 2.11. The van der Waals surface area contributed by atoms with Gasteiger partial charge in [0.1, 0.15) is 12.4 Å². The Morgan fingerprint density at radius 2 is 1.95 bits per heavy atom. The maximum Gasteiger partial charge on any atom is 0.119 e. The lowest BCUT2D eigenvalue weighted by atomic mass is 10.2. The Balaban J connectivity index is 2.30. The smallest absolute Gasteiger partial charge is 0.119 e. The molecule has 0 amide bonds. The molecule has 0 saturated heterocycles. The molecule has 0 radical (unpaired) electrons. The molecule has 1 aromatic carbocycles. The summed E-state index contributed by atoms with van der Waals surface area (Å²) in [4.78, 5) is 2.30. The van der Waals surface area contributed by atoms with Gasteiger partial charge in [0.15, 0.2) is 0 Å². The number of benzene rings is 1. The van der Waals surface area contributed by atoms with Gasteiger partial charge in [0.05, 0.1) is 6.54 Å². The van der Waals surface area contributed by atoms with Crippen molar-refractivity contribution in [3.8, 4) is 17.6 Å². The minimum Gasteiger partial charge on any atom is -0.492 e. The van der Waals surface area contributed by atoms with Crippen molar-refractivity contribution >= 4 is 0 Å². The van der Waals surface area contributed by atoms with Crippen LogP contribution in [0.2, 0.25) is 0 Å². The molecule has 19 heavy (non-hydrogen) atoms. The Morgan fingerprint density at radius 3 is 2.58 bits per heavy atom. The summed E-state index contributed by atoms with van der Waals surface area (Å²) in [6, 6.07) is 7.82. The van der Waals surface area contributed by atoms with E-state index in [9.17, 15) is 0 Å². The highest BCUT2D eigenvalue weighted by atomic mass is 16.5. The zero-order valence-electron chi connectivity index (χ0n) is 12.0. The SMILES string of the molecule is CCCCN(C)CCOc1ccc(C#CCN)cc1. The summed E-state index contributed by atoms with van der Waals surface area (Å²) in [6.45, 7) is 5.40. The third kappa shape index (κ3) is 6.85. The average Bonchev–Trinajstić information content (AvgIpc) is 2.44. The first-order chi connectivity index (χ1) is 9.26. The van der Waals surface area contributed by atoms with Crippen molar-refractivity contribution in [2.45, 2.75) is 19.8 Å². The van der Waals surface area contributed by atoms with E-state index in [0.717, 1.165) is 24.4 Å². The van der Waals surface area contributed by atoms with Gasteiger partial charge in [-0.15, -0.1) is 0 Å². The number of nitrogens with zero attached hydrogens (tertiary/aromatic N) is 1. The van der Waals surface area contributed by atoms with E-state index in [0.29, 0.717) is 13.2 Å². The Labute approximate surface area is 116 Å². The van der Waals surface area contributed by atoms with Gasteiger partial charge in [-0.3, -0.25) is 0 Å². The summed E-state index contributed by atoms with van der Waals surface area (Å²) < 4.78 is 5.70. The van der Waals surface area contributed by atoms with Crippen molar-refractivity contribution < 1.29 is 4.74 Å². The van der Waals surface area contributed by atoms with Crippen LogP contribution in [-0.2, 0) is 0 Å². The van der Waals surface area contributed by atoms with Gasteiger partial charge in [-0.1, -0.05) is 25.2 Å². The lowest BCUT2D eigenvalue weighted by molar-refractivity contribution is 0.235. The van der Waals surface area contributed by atoms with E-state index in [1.165, 1.54) is 12.8 Å². The molecule has 0 aromatic heterocycles. The van der Waals surface area contributed by atoms with Crippen molar-refractivity contribution in [3.63, 3.8) is 0 Å². The van der Waals surface area contributed by atoms with Gasteiger partial charge < -0.3 is 15.4 Å². The van der Waals surface area contributed by atoms with Crippen LogP contribution < -0.4 is 10.5 Å². The quantitative estimate of drug-likeness (QED) is 0.763. The van der Waals surface area contributed by atoms with Gasteiger partial charge in [0.2, 0.25) is 0 Å². The minimum atomic E-state index is 0.391. The van der Waals surface area contributed by atoms with Gasteiger partial charge in [-0.05, 0) is 44.3 Å². The van der Waals surface area contributed by atoms with Crippen LogP contribution in [0.15, 0.2) is 24.3 Å². The molecule has 0 aliphatic carbocycles. The minimum absolute atomic E-state index is 0.391. The van der Waals surface area contributed by atoms with E-state index in [2.05, 4.69) is 30.7 Å². The molecule has 0 bridgehead atoms. The Morgan fingerprint density at radius 1 is 1.21 bits per heavy atom. The van der Waals surface area contributed by atoms with Gasteiger partial charge in [0, 0.05) is 12.1 Å². The fraction of sp³-hybridized carbons (Fsp3) is 0.500. The van der Waals surface area contributed by atoms with E-state index >= 15 is 0 Å². The molecule has 3 nitrogen and oxygen atoms in total. The van der Waals surface area contributed by atoms with Crippen molar-refractivity contribution in [1.82, 2.24) is 4.90 Å². The second-order valence-electron chi connectivity index (χ2n) is 4.54. The maximum atomic E-state index is 5.70. The Bertz CT molecular complexity index is 403. The largest absolute Gasteiger partial charge is 0.492 e. The molecular weight excluding hydrogens is 236 g/mol. The van der Waals surface area contributed by atoms with Crippen LogP contribution in [-0.4, -0.2) is 38.2 Å². The average molecular weight is 260 g/mol. The molecule has 3 heteroatoms. The third-order valence-electron chi connectivity index (χ3n) is 2.82. The zero-order valence-corrected chi connectivity index (χ0v) is 12.0. The van der Waals surface area contributed by atoms with Crippen LogP contribution in [0.4, 0.5) is 0 Å². The first kappa shape index (κ1) is 15.6. The van der Waals surface area contributed by atoms with E-state index < -0.39 is 0 Å². The molecule has 2 N–H and O–H groups in total. The van der Waals surface area contributed by atoms with Crippen LogP contribution in [0.1, 0.15) is 25.3 Å². The molecule has 0 aliphatic heterocycles. The maximum absolute atomic E-state index is 5.70. The molecule has 1 aromatic rings.